The third kappa shape index (κ3) is 4.18. The highest BCUT2D eigenvalue weighted by atomic mass is 19.1. The highest BCUT2D eigenvalue weighted by Crippen LogP contribution is 2.34. The molecule has 5 nitrogen and oxygen atoms in total. The third-order valence-corrected chi connectivity index (χ3v) is 3.60. The average molecular weight is 327 g/mol. The van der Waals surface area contributed by atoms with Crippen molar-refractivity contribution in [2.75, 3.05) is 13.1 Å². The predicted octanol–water partition coefficient (Wildman–Crippen LogP) is 3.00. The van der Waals surface area contributed by atoms with Crippen LogP contribution in [0.5, 0.6) is 0 Å². The van der Waals surface area contributed by atoms with Gasteiger partial charge in [0.25, 0.3) is 0 Å². The van der Waals surface area contributed by atoms with Gasteiger partial charge in [-0.15, -0.1) is 0 Å². The zero-order valence-corrected chi connectivity index (χ0v) is 13.2. The van der Waals surface area contributed by atoms with E-state index in [1.807, 2.05) is 0 Å². The van der Waals surface area contributed by atoms with E-state index in [1.54, 1.807) is 20.8 Å². The summed E-state index contributed by atoms with van der Waals surface area (Å²) in [5, 5.41) is 9.35. The number of rotatable bonds is 2. The summed E-state index contributed by atoms with van der Waals surface area (Å²) in [7, 11) is 0. The first-order chi connectivity index (χ1) is 10.6. The number of hydrogen-bond donors (Lipinski definition) is 1. The van der Waals surface area contributed by atoms with E-state index in [4.69, 9.17) is 4.74 Å². The second kappa shape index (κ2) is 6.14. The SMILES string of the molecule is CC(C)(C)OC(=O)N1C[C@H](C(=O)O)[C@@H](c2cc(F)cc(F)c2)C1. The van der Waals surface area contributed by atoms with E-state index < -0.39 is 41.1 Å². The molecule has 23 heavy (non-hydrogen) atoms. The van der Waals surface area contributed by atoms with Crippen molar-refractivity contribution in [1.29, 1.82) is 0 Å². The van der Waals surface area contributed by atoms with Crippen LogP contribution >= 0.6 is 0 Å². The van der Waals surface area contributed by atoms with Crippen LogP contribution in [0.25, 0.3) is 0 Å². The zero-order valence-electron chi connectivity index (χ0n) is 13.2. The van der Waals surface area contributed by atoms with E-state index in [0.717, 1.165) is 18.2 Å². The predicted molar refractivity (Wildman–Crippen MR) is 78.0 cm³/mol. The Morgan fingerprint density at radius 2 is 1.74 bits per heavy atom. The molecule has 0 spiro atoms. The summed E-state index contributed by atoms with van der Waals surface area (Å²) in [5.41, 5.74) is -0.486. The fourth-order valence-electron chi connectivity index (χ4n) is 2.66. The highest BCUT2D eigenvalue weighted by molar-refractivity contribution is 5.76. The van der Waals surface area contributed by atoms with Gasteiger partial charge in [0, 0.05) is 25.1 Å². The minimum absolute atomic E-state index is 0.0365. The van der Waals surface area contributed by atoms with E-state index in [0.29, 0.717) is 0 Å². The first-order valence-electron chi connectivity index (χ1n) is 7.23. The first kappa shape index (κ1) is 17.2. The largest absolute Gasteiger partial charge is 0.481 e. The molecule has 1 aliphatic rings. The number of aliphatic carboxylic acids is 1. The van der Waals surface area contributed by atoms with Crippen LogP contribution in [0.4, 0.5) is 13.6 Å². The smallest absolute Gasteiger partial charge is 0.410 e. The van der Waals surface area contributed by atoms with Crippen molar-refractivity contribution < 1.29 is 28.2 Å². The molecule has 0 radical (unpaired) electrons. The Balaban J connectivity index is 2.25. The van der Waals surface area contributed by atoms with Gasteiger partial charge in [0.1, 0.15) is 17.2 Å². The third-order valence-electron chi connectivity index (χ3n) is 3.60. The lowest BCUT2D eigenvalue weighted by Gasteiger charge is -2.24. The molecule has 0 aliphatic carbocycles. The van der Waals surface area contributed by atoms with Crippen LogP contribution in [0.3, 0.4) is 0 Å². The fourth-order valence-corrected chi connectivity index (χ4v) is 2.66. The number of carbonyl (C=O) groups is 2. The molecule has 0 unspecified atom stereocenters. The van der Waals surface area contributed by atoms with Crippen LogP contribution in [0.15, 0.2) is 18.2 Å². The molecule has 0 bridgehead atoms. The lowest BCUT2D eigenvalue weighted by atomic mass is 9.89. The molecular weight excluding hydrogens is 308 g/mol. The van der Waals surface area contributed by atoms with Gasteiger partial charge in [-0.1, -0.05) is 0 Å². The molecule has 2 rings (SSSR count). The Morgan fingerprint density at radius 1 is 1.17 bits per heavy atom. The van der Waals surface area contributed by atoms with E-state index in [-0.39, 0.29) is 18.7 Å². The molecule has 126 valence electrons. The highest BCUT2D eigenvalue weighted by Gasteiger charge is 2.42. The lowest BCUT2D eigenvalue weighted by Crippen LogP contribution is -2.35. The van der Waals surface area contributed by atoms with Crippen molar-refractivity contribution in [3.63, 3.8) is 0 Å². The monoisotopic (exact) mass is 327 g/mol. The summed E-state index contributed by atoms with van der Waals surface area (Å²) >= 11 is 0. The number of carboxylic acid groups (broad SMARTS) is 1. The zero-order chi connectivity index (χ0) is 17.4. The Labute approximate surface area is 132 Å². The van der Waals surface area contributed by atoms with Crippen LogP contribution in [-0.4, -0.2) is 40.8 Å². The average Bonchev–Trinajstić information content (AvgIpc) is 2.80. The maximum absolute atomic E-state index is 13.4. The molecule has 1 aromatic rings. The van der Waals surface area contributed by atoms with Crippen molar-refractivity contribution >= 4 is 12.1 Å². The number of benzene rings is 1. The van der Waals surface area contributed by atoms with Gasteiger partial charge in [-0.25, -0.2) is 13.6 Å². The quantitative estimate of drug-likeness (QED) is 0.907. The molecule has 1 heterocycles. The molecule has 1 fully saturated rings. The second-order valence-corrected chi connectivity index (χ2v) is 6.64. The van der Waals surface area contributed by atoms with Crippen LogP contribution < -0.4 is 0 Å². The summed E-state index contributed by atoms with van der Waals surface area (Å²) in [4.78, 5) is 24.8. The Hall–Kier alpha value is -2.18. The number of ether oxygens (including phenoxy) is 1. The fraction of sp³-hybridized carbons (Fsp3) is 0.500. The molecule has 1 aromatic carbocycles. The van der Waals surface area contributed by atoms with Crippen LogP contribution in [0.2, 0.25) is 0 Å². The van der Waals surface area contributed by atoms with Gasteiger partial charge >= 0.3 is 12.1 Å². The summed E-state index contributed by atoms with van der Waals surface area (Å²) in [6, 6.07) is 2.92. The van der Waals surface area contributed by atoms with E-state index in [1.165, 1.54) is 4.90 Å². The topological polar surface area (TPSA) is 66.8 Å². The molecule has 1 amide bonds. The molecule has 0 aromatic heterocycles. The van der Waals surface area contributed by atoms with E-state index in [2.05, 4.69) is 0 Å². The minimum Gasteiger partial charge on any atom is -0.481 e. The molecule has 1 aliphatic heterocycles. The Kier molecular flexibility index (Phi) is 4.58. The van der Waals surface area contributed by atoms with Gasteiger partial charge < -0.3 is 14.7 Å². The number of halogens is 2. The molecular formula is C16H19F2NO4. The van der Waals surface area contributed by atoms with Gasteiger partial charge in [0.15, 0.2) is 0 Å². The summed E-state index contributed by atoms with van der Waals surface area (Å²) in [5.74, 6) is -4.31. The van der Waals surface area contributed by atoms with Gasteiger partial charge in [-0.05, 0) is 38.5 Å². The van der Waals surface area contributed by atoms with Crippen molar-refractivity contribution in [2.45, 2.75) is 32.3 Å². The van der Waals surface area contributed by atoms with Crippen molar-refractivity contribution in [2.24, 2.45) is 5.92 Å². The maximum Gasteiger partial charge on any atom is 0.410 e. The Morgan fingerprint density at radius 3 is 2.22 bits per heavy atom. The number of amides is 1. The summed E-state index contributed by atoms with van der Waals surface area (Å²) in [6.45, 7) is 5.08. The van der Waals surface area contributed by atoms with Gasteiger partial charge in [-0.3, -0.25) is 4.79 Å². The second-order valence-electron chi connectivity index (χ2n) is 6.64. The number of hydrogen-bond acceptors (Lipinski definition) is 3. The number of carbonyl (C=O) groups excluding carboxylic acids is 1. The summed E-state index contributed by atoms with van der Waals surface area (Å²) < 4.78 is 32.0. The molecule has 1 N–H and O–H groups in total. The van der Waals surface area contributed by atoms with Crippen molar-refractivity contribution in [3.05, 3.63) is 35.4 Å². The van der Waals surface area contributed by atoms with Crippen LogP contribution in [0.1, 0.15) is 32.3 Å². The van der Waals surface area contributed by atoms with Crippen LogP contribution in [-0.2, 0) is 9.53 Å². The maximum atomic E-state index is 13.4. The Bertz CT molecular complexity index is 607. The standard InChI is InChI=1S/C16H19F2NO4/c1-16(2,3)23-15(22)19-7-12(13(8-19)14(20)21)9-4-10(17)6-11(18)5-9/h4-6,12-13H,7-8H2,1-3H3,(H,20,21)/t12-,13+/m1/s1. The van der Waals surface area contributed by atoms with Crippen molar-refractivity contribution in [3.8, 4) is 0 Å². The van der Waals surface area contributed by atoms with E-state index >= 15 is 0 Å². The molecule has 2 atom stereocenters. The molecule has 7 heteroatoms. The van der Waals surface area contributed by atoms with E-state index in [9.17, 15) is 23.5 Å². The normalized spacial score (nSPS) is 21.3. The molecule has 0 saturated carbocycles. The minimum atomic E-state index is -1.12. The van der Waals surface area contributed by atoms with Gasteiger partial charge in [0.05, 0.1) is 5.92 Å². The van der Waals surface area contributed by atoms with Crippen LogP contribution in [0, 0.1) is 17.6 Å². The lowest BCUT2D eigenvalue weighted by molar-refractivity contribution is -0.141. The summed E-state index contributed by atoms with van der Waals surface area (Å²) in [6.07, 6.45) is -0.636. The number of likely N-dealkylation sites (tertiary alicyclic amines) is 1. The van der Waals surface area contributed by atoms with Crippen molar-refractivity contribution in [1.82, 2.24) is 4.90 Å². The van der Waals surface area contributed by atoms with Gasteiger partial charge in [0.2, 0.25) is 0 Å². The first-order valence-corrected chi connectivity index (χ1v) is 7.23. The molecule has 1 saturated heterocycles. The number of carboxylic acids is 1. The van der Waals surface area contributed by atoms with Gasteiger partial charge in [-0.2, -0.15) is 0 Å². The number of nitrogens with zero attached hydrogens (tertiary/aromatic N) is 1.